The summed E-state index contributed by atoms with van der Waals surface area (Å²) in [5.74, 6) is 0.858. The molecule has 1 saturated carbocycles. The van der Waals surface area contributed by atoms with Crippen molar-refractivity contribution in [3.8, 4) is 0 Å². The maximum absolute atomic E-state index is 12.3. The molecule has 4 heteroatoms. The number of amides is 1. The van der Waals surface area contributed by atoms with Crippen molar-refractivity contribution in [2.24, 2.45) is 11.8 Å². The van der Waals surface area contributed by atoms with E-state index >= 15 is 0 Å². The third-order valence-corrected chi connectivity index (χ3v) is 4.63. The first kappa shape index (κ1) is 14.8. The topological polar surface area (TPSA) is 58.6 Å². The van der Waals surface area contributed by atoms with Crippen molar-refractivity contribution < 1.29 is 14.6 Å². The smallest absolute Gasteiger partial charge is 0.249 e. The van der Waals surface area contributed by atoms with Crippen LogP contribution in [0.25, 0.3) is 0 Å². The summed E-state index contributed by atoms with van der Waals surface area (Å²) in [5, 5.41) is 12.4. The highest BCUT2D eigenvalue weighted by Crippen LogP contribution is 2.28. The van der Waals surface area contributed by atoms with Crippen LogP contribution in [0.2, 0.25) is 0 Å². The van der Waals surface area contributed by atoms with E-state index in [2.05, 4.69) is 12.2 Å². The molecule has 0 aromatic rings. The van der Waals surface area contributed by atoms with Gasteiger partial charge in [-0.1, -0.05) is 26.2 Å². The SMILES string of the molecule is CC1CCOC1C(=O)NC(CCO)C1CCCCC1. The molecule has 0 bridgehead atoms. The molecule has 19 heavy (non-hydrogen) atoms. The fraction of sp³-hybridized carbons (Fsp3) is 0.933. The lowest BCUT2D eigenvalue weighted by Gasteiger charge is -2.31. The minimum absolute atomic E-state index is 0.0222. The Morgan fingerprint density at radius 3 is 2.63 bits per heavy atom. The summed E-state index contributed by atoms with van der Waals surface area (Å²) >= 11 is 0. The second-order valence-corrected chi connectivity index (χ2v) is 6.08. The molecule has 3 atom stereocenters. The quantitative estimate of drug-likeness (QED) is 0.801. The van der Waals surface area contributed by atoms with Gasteiger partial charge in [-0.05, 0) is 37.5 Å². The molecule has 0 aromatic heterocycles. The van der Waals surface area contributed by atoms with Crippen LogP contribution in [0.5, 0.6) is 0 Å². The van der Waals surface area contributed by atoms with Crippen LogP contribution < -0.4 is 5.32 Å². The predicted molar refractivity (Wildman–Crippen MR) is 73.7 cm³/mol. The Hall–Kier alpha value is -0.610. The maximum atomic E-state index is 12.3. The normalized spacial score (nSPS) is 30.2. The van der Waals surface area contributed by atoms with E-state index in [1.54, 1.807) is 0 Å². The van der Waals surface area contributed by atoms with Crippen molar-refractivity contribution in [2.75, 3.05) is 13.2 Å². The van der Waals surface area contributed by atoms with Crippen molar-refractivity contribution in [1.82, 2.24) is 5.32 Å². The largest absolute Gasteiger partial charge is 0.396 e. The van der Waals surface area contributed by atoms with Gasteiger partial charge in [0, 0.05) is 19.3 Å². The van der Waals surface area contributed by atoms with Crippen molar-refractivity contribution in [3.63, 3.8) is 0 Å². The number of rotatable bonds is 5. The Morgan fingerprint density at radius 2 is 2.05 bits per heavy atom. The van der Waals surface area contributed by atoms with Crippen LogP contribution >= 0.6 is 0 Å². The molecule has 0 radical (unpaired) electrons. The second kappa shape index (κ2) is 7.25. The molecular formula is C15H27NO3. The molecule has 0 aromatic carbocycles. The molecule has 2 rings (SSSR count). The monoisotopic (exact) mass is 269 g/mol. The van der Waals surface area contributed by atoms with Crippen molar-refractivity contribution in [2.45, 2.75) is 64.0 Å². The zero-order valence-electron chi connectivity index (χ0n) is 11.9. The molecule has 2 fully saturated rings. The zero-order chi connectivity index (χ0) is 13.7. The van der Waals surface area contributed by atoms with Crippen molar-refractivity contribution in [1.29, 1.82) is 0 Å². The summed E-state index contributed by atoms with van der Waals surface area (Å²) in [5.41, 5.74) is 0. The van der Waals surface area contributed by atoms with Crippen LogP contribution in [0.3, 0.4) is 0 Å². The Bertz CT molecular complexity index is 289. The number of hydrogen-bond donors (Lipinski definition) is 2. The number of aliphatic hydroxyl groups excluding tert-OH is 1. The average molecular weight is 269 g/mol. The van der Waals surface area contributed by atoms with Gasteiger partial charge in [0.15, 0.2) is 0 Å². The molecular weight excluding hydrogens is 242 g/mol. The molecule has 1 amide bonds. The van der Waals surface area contributed by atoms with Crippen molar-refractivity contribution in [3.05, 3.63) is 0 Å². The lowest BCUT2D eigenvalue weighted by atomic mass is 9.82. The molecule has 0 spiro atoms. The lowest BCUT2D eigenvalue weighted by Crippen LogP contribution is -2.47. The number of nitrogens with one attached hydrogen (secondary N) is 1. The van der Waals surface area contributed by atoms with Gasteiger partial charge in [0.1, 0.15) is 6.10 Å². The molecule has 1 aliphatic carbocycles. The van der Waals surface area contributed by atoms with E-state index < -0.39 is 0 Å². The molecule has 1 saturated heterocycles. The van der Waals surface area contributed by atoms with Gasteiger partial charge < -0.3 is 15.2 Å². The van der Waals surface area contributed by atoms with Gasteiger partial charge in [-0.3, -0.25) is 4.79 Å². The third-order valence-electron chi connectivity index (χ3n) is 4.63. The first-order valence-electron chi connectivity index (χ1n) is 7.75. The number of ether oxygens (including phenoxy) is 1. The first-order valence-corrected chi connectivity index (χ1v) is 7.75. The number of hydrogen-bond acceptors (Lipinski definition) is 3. The van der Waals surface area contributed by atoms with Crippen LogP contribution in [-0.2, 0) is 9.53 Å². The van der Waals surface area contributed by atoms with E-state index in [0.29, 0.717) is 24.9 Å². The molecule has 1 aliphatic heterocycles. The molecule has 3 unspecified atom stereocenters. The van der Waals surface area contributed by atoms with Gasteiger partial charge in [0.25, 0.3) is 0 Å². The average Bonchev–Trinajstić information content (AvgIpc) is 2.85. The zero-order valence-corrected chi connectivity index (χ0v) is 11.9. The Morgan fingerprint density at radius 1 is 1.32 bits per heavy atom. The Balaban J connectivity index is 1.89. The fourth-order valence-corrected chi connectivity index (χ4v) is 3.40. The maximum Gasteiger partial charge on any atom is 0.249 e. The number of aliphatic hydroxyl groups is 1. The van der Waals surface area contributed by atoms with E-state index in [1.165, 1.54) is 32.1 Å². The Kier molecular flexibility index (Phi) is 5.64. The number of carbonyl (C=O) groups excluding carboxylic acids is 1. The minimum atomic E-state index is -0.287. The van der Waals surface area contributed by atoms with Crippen LogP contribution in [0.15, 0.2) is 0 Å². The summed E-state index contributed by atoms with van der Waals surface area (Å²) in [7, 11) is 0. The molecule has 2 aliphatic rings. The van der Waals surface area contributed by atoms with Gasteiger partial charge in [-0.2, -0.15) is 0 Å². The number of carbonyl (C=O) groups is 1. The van der Waals surface area contributed by atoms with Gasteiger partial charge in [0.2, 0.25) is 5.91 Å². The highest BCUT2D eigenvalue weighted by molar-refractivity contribution is 5.81. The molecule has 2 N–H and O–H groups in total. The lowest BCUT2D eigenvalue weighted by molar-refractivity contribution is -0.132. The van der Waals surface area contributed by atoms with Gasteiger partial charge in [-0.25, -0.2) is 0 Å². The highest BCUT2D eigenvalue weighted by atomic mass is 16.5. The minimum Gasteiger partial charge on any atom is -0.396 e. The van der Waals surface area contributed by atoms with Crippen LogP contribution in [-0.4, -0.2) is 36.4 Å². The molecule has 1 heterocycles. The van der Waals surface area contributed by atoms with Crippen LogP contribution in [0.4, 0.5) is 0 Å². The molecule has 110 valence electrons. The summed E-state index contributed by atoms with van der Waals surface area (Å²) in [6.07, 6.45) is 7.49. The van der Waals surface area contributed by atoms with E-state index in [0.717, 1.165) is 6.42 Å². The second-order valence-electron chi connectivity index (χ2n) is 6.08. The third kappa shape index (κ3) is 3.93. The summed E-state index contributed by atoms with van der Waals surface area (Å²) in [4.78, 5) is 12.3. The Labute approximate surface area is 115 Å². The van der Waals surface area contributed by atoms with E-state index in [9.17, 15) is 9.90 Å². The van der Waals surface area contributed by atoms with Crippen molar-refractivity contribution >= 4 is 5.91 Å². The van der Waals surface area contributed by atoms with Crippen LogP contribution in [0, 0.1) is 11.8 Å². The predicted octanol–water partition coefficient (Wildman–Crippen LogP) is 1.86. The summed E-state index contributed by atoms with van der Waals surface area (Å²) < 4.78 is 5.52. The van der Waals surface area contributed by atoms with Gasteiger partial charge in [0.05, 0.1) is 0 Å². The summed E-state index contributed by atoms with van der Waals surface area (Å²) in [6, 6.07) is 0.120. The summed E-state index contributed by atoms with van der Waals surface area (Å²) in [6.45, 7) is 2.90. The van der Waals surface area contributed by atoms with E-state index in [-0.39, 0.29) is 24.7 Å². The standard InChI is InChI=1S/C15H27NO3/c1-11-8-10-19-14(11)15(18)16-13(7-9-17)12-5-3-2-4-6-12/h11-14,17H,2-10H2,1H3,(H,16,18). The fourth-order valence-electron chi connectivity index (χ4n) is 3.40. The van der Waals surface area contributed by atoms with E-state index in [4.69, 9.17) is 4.74 Å². The van der Waals surface area contributed by atoms with Crippen LogP contribution in [0.1, 0.15) is 51.9 Å². The highest BCUT2D eigenvalue weighted by Gasteiger charge is 2.33. The first-order chi connectivity index (χ1) is 9.22. The van der Waals surface area contributed by atoms with Gasteiger partial charge >= 0.3 is 0 Å². The van der Waals surface area contributed by atoms with E-state index in [1.807, 2.05) is 0 Å². The van der Waals surface area contributed by atoms with Gasteiger partial charge in [-0.15, -0.1) is 0 Å². The molecule has 4 nitrogen and oxygen atoms in total.